The van der Waals surface area contributed by atoms with E-state index in [0.717, 1.165) is 5.52 Å². The number of nitrogens with zero attached hydrogens (tertiary/aromatic N) is 4. The topological polar surface area (TPSA) is 56.7 Å². The third-order valence-corrected chi connectivity index (χ3v) is 3.17. The minimum Gasteiger partial charge on any atom is -0.343 e. The molecule has 5 nitrogen and oxygen atoms in total. The van der Waals surface area contributed by atoms with Crippen molar-refractivity contribution in [3.63, 3.8) is 0 Å². The van der Waals surface area contributed by atoms with E-state index in [1.54, 1.807) is 13.0 Å². The van der Waals surface area contributed by atoms with Crippen LogP contribution in [0.3, 0.4) is 0 Å². The molecule has 0 atom stereocenters. The lowest BCUT2D eigenvalue weighted by atomic mass is 10.2. The van der Waals surface area contributed by atoms with E-state index in [0.29, 0.717) is 29.3 Å². The maximum atomic E-state index is 13.5. The maximum absolute atomic E-state index is 13.5. The first kappa shape index (κ1) is 12.1. The molecule has 0 N–H and O–H groups in total. The van der Waals surface area contributed by atoms with Crippen molar-refractivity contribution in [1.29, 1.82) is 0 Å². The van der Waals surface area contributed by atoms with Gasteiger partial charge in [0.25, 0.3) is 0 Å². The van der Waals surface area contributed by atoms with E-state index < -0.39 is 0 Å². The smallest absolute Gasteiger partial charge is 0.213 e. The first-order chi connectivity index (χ1) is 9.19. The minimum atomic E-state index is -0.280. The van der Waals surface area contributed by atoms with Gasteiger partial charge in [-0.25, -0.2) is 9.37 Å². The van der Waals surface area contributed by atoms with Crippen LogP contribution in [0.15, 0.2) is 23.0 Å². The van der Waals surface area contributed by atoms with E-state index in [9.17, 15) is 4.39 Å². The summed E-state index contributed by atoms with van der Waals surface area (Å²) in [6.07, 6.45) is 1.26. The number of alkyl halides is 1. The molecule has 19 heavy (non-hydrogen) atoms. The van der Waals surface area contributed by atoms with Crippen molar-refractivity contribution >= 4 is 22.6 Å². The van der Waals surface area contributed by atoms with Gasteiger partial charge in [0, 0.05) is 6.07 Å². The fourth-order valence-electron chi connectivity index (χ4n) is 1.98. The fourth-order valence-corrected chi connectivity index (χ4v) is 2.19. The highest BCUT2D eigenvalue weighted by Gasteiger charge is 2.14. The number of aromatic nitrogens is 4. The normalized spacial score (nSPS) is 11.3. The number of fused-ring (bicyclic) bond motifs is 1. The van der Waals surface area contributed by atoms with Gasteiger partial charge < -0.3 is 9.09 Å². The lowest BCUT2D eigenvalue weighted by Crippen LogP contribution is -2.05. The Morgan fingerprint density at radius 3 is 2.95 bits per heavy atom. The Hall–Kier alpha value is -1.95. The molecule has 3 aromatic rings. The van der Waals surface area contributed by atoms with Crippen LogP contribution in [0.1, 0.15) is 17.2 Å². The average molecular weight is 281 g/mol. The third kappa shape index (κ3) is 2.08. The van der Waals surface area contributed by atoms with Gasteiger partial charge in [0.05, 0.1) is 23.5 Å². The van der Waals surface area contributed by atoms with Gasteiger partial charge >= 0.3 is 0 Å². The third-order valence-electron chi connectivity index (χ3n) is 2.93. The zero-order chi connectivity index (χ0) is 13.4. The van der Waals surface area contributed by atoms with E-state index in [2.05, 4.69) is 15.1 Å². The lowest BCUT2D eigenvalue weighted by Gasteiger charge is -2.05. The fraction of sp³-hybridized carbons (Fsp3) is 0.250. The van der Waals surface area contributed by atoms with Gasteiger partial charge in [-0.2, -0.15) is 4.98 Å². The minimum absolute atomic E-state index is 0.229. The summed E-state index contributed by atoms with van der Waals surface area (Å²) in [5.74, 6) is 1.12. The van der Waals surface area contributed by atoms with Crippen LogP contribution >= 0.6 is 11.6 Å². The molecule has 0 amide bonds. The summed E-state index contributed by atoms with van der Waals surface area (Å²) in [4.78, 5) is 8.29. The Bertz CT molecular complexity index is 723. The van der Waals surface area contributed by atoms with Crippen molar-refractivity contribution in [3.8, 4) is 0 Å². The van der Waals surface area contributed by atoms with Crippen molar-refractivity contribution in [2.75, 3.05) is 0 Å². The molecule has 0 fully saturated rings. The number of benzene rings is 1. The van der Waals surface area contributed by atoms with Gasteiger partial charge in [-0.3, -0.25) is 0 Å². The van der Waals surface area contributed by atoms with E-state index in [4.69, 9.17) is 16.1 Å². The summed E-state index contributed by atoms with van der Waals surface area (Å²) in [6.45, 7) is 2.10. The monoisotopic (exact) mass is 280 g/mol. The first-order valence-corrected chi connectivity index (χ1v) is 6.19. The molecule has 0 bridgehead atoms. The number of halogens is 2. The van der Waals surface area contributed by atoms with E-state index in [1.807, 2.05) is 4.57 Å². The molecule has 2 heterocycles. The van der Waals surface area contributed by atoms with Gasteiger partial charge in [0.2, 0.25) is 6.39 Å². The summed E-state index contributed by atoms with van der Waals surface area (Å²) in [6, 6.07) is 3.15. The van der Waals surface area contributed by atoms with Crippen LogP contribution in [0.4, 0.5) is 4.39 Å². The molecule has 0 aliphatic heterocycles. The summed E-state index contributed by atoms with van der Waals surface area (Å²) >= 11 is 5.88. The van der Waals surface area contributed by atoms with Crippen LogP contribution in [0.2, 0.25) is 0 Å². The quantitative estimate of drug-likeness (QED) is 0.692. The van der Waals surface area contributed by atoms with Crippen molar-refractivity contribution in [2.24, 2.45) is 0 Å². The largest absolute Gasteiger partial charge is 0.343 e. The predicted octanol–water partition coefficient (Wildman–Crippen LogP) is 2.65. The van der Waals surface area contributed by atoms with Crippen molar-refractivity contribution < 1.29 is 8.91 Å². The second-order valence-corrected chi connectivity index (χ2v) is 4.45. The molecule has 0 spiro atoms. The molecule has 0 saturated heterocycles. The zero-order valence-corrected chi connectivity index (χ0v) is 10.9. The van der Waals surface area contributed by atoms with E-state index in [-0.39, 0.29) is 11.7 Å². The van der Waals surface area contributed by atoms with Crippen LogP contribution < -0.4 is 0 Å². The maximum Gasteiger partial charge on any atom is 0.213 e. The number of aryl methyl sites for hydroxylation is 1. The Kier molecular flexibility index (Phi) is 2.94. The van der Waals surface area contributed by atoms with Crippen LogP contribution in [-0.2, 0) is 12.4 Å². The van der Waals surface area contributed by atoms with E-state index >= 15 is 0 Å². The van der Waals surface area contributed by atoms with Gasteiger partial charge in [-0.05, 0) is 18.6 Å². The summed E-state index contributed by atoms with van der Waals surface area (Å²) in [7, 11) is 0. The second-order valence-electron chi connectivity index (χ2n) is 4.19. The van der Waals surface area contributed by atoms with Gasteiger partial charge in [-0.15, -0.1) is 11.6 Å². The molecule has 3 rings (SSSR count). The average Bonchev–Trinajstić information content (AvgIpc) is 3.00. The van der Waals surface area contributed by atoms with Crippen molar-refractivity contribution in [1.82, 2.24) is 19.7 Å². The van der Waals surface area contributed by atoms with Crippen LogP contribution in [-0.4, -0.2) is 19.7 Å². The first-order valence-electron chi connectivity index (χ1n) is 5.65. The molecule has 0 aliphatic rings. The Morgan fingerprint density at radius 1 is 1.42 bits per heavy atom. The summed E-state index contributed by atoms with van der Waals surface area (Å²) < 4.78 is 20.1. The molecule has 0 saturated carbocycles. The van der Waals surface area contributed by atoms with Gasteiger partial charge in [-0.1, -0.05) is 5.16 Å². The molecule has 98 valence electrons. The van der Waals surface area contributed by atoms with Crippen molar-refractivity contribution in [2.45, 2.75) is 19.3 Å². The molecule has 0 unspecified atom stereocenters. The standard InChI is InChI=1S/C12H10ClFN4O/c1-7-2-10-9(3-8(7)14)16-12(4-13)18(10)5-11-15-6-19-17-11/h2-3,6H,4-5H2,1H3. The highest BCUT2D eigenvalue weighted by molar-refractivity contribution is 6.16. The number of rotatable bonds is 3. The molecule has 0 radical (unpaired) electrons. The number of hydrogen-bond donors (Lipinski definition) is 0. The predicted molar refractivity (Wildman–Crippen MR) is 67.4 cm³/mol. The Labute approximate surface area is 113 Å². The molecule has 1 aromatic carbocycles. The lowest BCUT2D eigenvalue weighted by molar-refractivity contribution is 0.408. The summed E-state index contributed by atoms with van der Waals surface area (Å²) in [5.41, 5.74) is 1.93. The van der Waals surface area contributed by atoms with E-state index in [1.165, 1.54) is 12.5 Å². The zero-order valence-electron chi connectivity index (χ0n) is 10.1. The second kappa shape index (κ2) is 4.62. The molecular formula is C12H10ClFN4O. The SMILES string of the molecule is Cc1cc2c(cc1F)nc(CCl)n2Cc1ncon1. The van der Waals surface area contributed by atoms with Crippen molar-refractivity contribution in [3.05, 3.63) is 41.6 Å². The Morgan fingerprint density at radius 2 is 2.26 bits per heavy atom. The van der Waals surface area contributed by atoms with Gasteiger partial charge in [0.15, 0.2) is 5.82 Å². The Balaban J connectivity index is 2.17. The van der Waals surface area contributed by atoms with Crippen LogP contribution in [0, 0.1) is 12.7 Å². The molecule has 2 aromatic heterocycles. The van der Waals surface area contributed by atoms with Crippen LogP contribution in [0.5, 0.6) is 0 Å². The molecule has 7 heteroatoms. The van der Waals surface area contributed by atoms with Crippen LogP contribution in [0.25, 0.3) is 11.0 Å². The number of hydrogen-bond acceptors (Lipinski definition) is 4. The van der Waals surface area contributed by atoms with Gasteiger partial charge in [0.1, 0.15) is 11.6 Å². The number of imidazole rings is 1. The highest BCUT2D eigenvalue weighted by atomic mass is 35.5. The summed E-state index contributed by atoms with van der Waals surface area (Å²) in [5, 5.41) is 3.76. The highest BCUT2D eigenvalue weighted by Crippen LogP contribution is 2.22. The molecular weight excluding hydrogens is 271 g/mol. The molecule has 0 aliphatic carbocycles.